The van der Waals surface area contributed by atoms with Crippen molar-refractivity contribution in [3.8, 4) is 0 Å². The van der Waals surface area contributed by atoms with Gasteiger partial charge in [0, 0.05) is 12.4 Å². The second kappa shape index (κ2) is 7.06. The molecule has 0 N–H and O–H groups in total. The average molecular weight is 207 g/mol. The maximum Gasteiger partial charge on any atom is 0.0267 e. The molecule has 1 rings (SSSR count). The molecule has 0 bridgehead atoms. The molecule has 0 aliphatic rings. The van der Waals surface area contributed by atoms with Gasteiger partial charge in [-0.05, 0) is 12.1 Å². The molecule has 0 amide bonds. The van der Waals surface area contributed by atoms with Crippen LogP contribution in [0.25, 0.3) is 0 Å². The molecule has 0 radical (unpaired) electrons. The average Bonchev–Trinajstić information content (AvgIpc) is 1.96. The summed E-state index contributed by atoms with van der Waals surface area (Å²) in [5.74, 6) is 0. The number of pyridine rings is 1. The minimum absolute atomic E-state index is 1.53. The summed E-state index contributed by atoms with van der Waals surface area (Å²) in [6.07, 6.45) is 3.50. The van der Waals surface area contributed by atoms with E-state index in [0.29, 0.717) is 0 Å². The number of rotatable bonds is 0. The minimum atomic E-state index is 1.53. The van der Waals surface area contributed by atoms with Crippen molar-refractivity contribution in [2.75, 3.05) is 0 Å². The molecule has 0 saturated carbocycles. The normalized spacial score (nSPS) is 6.50. The second-order valence-corrected chi connectivity index (χ2v) is 1.02. The number of hydrogen-bond donors (Lipinski definition) is 0. The molecule has 8 heavy (non-hydrogen) atoms. The second-order valence-electron chi connectivity index (χ2n) is 1.02. The summed E-state index contributed by atoms with van der Waals surface area (Å²) < 4.78 is 0. The van der Waals surface area contributed by atoms with E-state index < -0.39 is 0 Å². The summed E-state index contributed by atoms with van der Waals surface area (Å²) in [5, 5.41) is 0. The van der Waals surface area contributed by atoms with Crippen molar-refractivity contribution in [2.24, 2.45) is 0 Å². The quantitative estimate of drug-likeness (QED) is 0.601. The van der Waals surface area contributed by atoms with Crippen LogP contribution in [0.5, 0.6) is 0 Å². The van der Waals surface area contributed by atoms with Gasteiger partial charge in [0.05, 0.1) is 0 Å². The molecule has 3 heteroatoms. The third-order valence-corrected chi connectivity index (χ3v) is 0.566. The summed E-state index contributed by atoms with van der Waals surface area (Å²) in [5.41, 5.74) is 0. The fourth-order valence-corrected chi connectivity index (χ4v) is 0.313. The van der Waals surface area contributed by atoms with Gasteiger partial charge in [-0.25, -0.2) is 0 Å². The van der Waals surface area contributed by atoms with Crippen molar-refractivity contribution in [1.82, 2.24) is 4.98 Å². The van der Waals surface area contributed by atoms with E-state index in [9.17, 15) is 0 Å². The van der Waals surface area contributed by atoms with Crippen LogP contribution in [-0.2, 0) is 18.0 Å². The Hall–Kier alpha value is 0.0583. The summed E-state index contributed by atoms with van der Waals surface area (Å²) in [6.45, 7) is 0. The molecule has 0 aliphatic carbocycles. The van der Waals surface area contributed by atoms with Crippen LogP contribution in [0.4, 0.5) is 0 Å². The van der Waals surface area contributed by atoms with Crippen molar-refractivity contribution in [1.29, 1.82) is 0 Å². The first-order chi connectivity index (χ1) is 4.00. The Bertz CT molecular complexity index is 95.3. The molecule has 1 heterocycles. The number of hydrogen-bond acceptors (Lipinski definition) is 2. The van der Waals surface area contributed by atoms with E-state index in [1.807, 2.05) is 18.2 Å². The van der Waals surface area contributed by atoms with Gasteiger partial charge in [0.1, 0.15) is 0 Å². The zero-order valence-corrected chi connectivity index (χ0v) is 6.97. The Balaban J connectivity index is 0.000000222. The molecule has 1 aromatic heterocycles. The molecular weight excluding hydrogens is 202 g/mol. The maximum atomic E-state index is 4.09. The van der Waals surface area contributed by atoms with Gasteiger partial charge in [-0.3, -0.25) is 4.98 Å². The largest absolute Gasteiger partial charge is 0.265 e. The molecule has 1 aromatic rings. The molecule has 0 atom stereocenters. The van der Waals surface area contributed by atoms with Crippen molar-refractivity contribution in [2.45, 2.75) is 0 Å². The van der Waals surface area contributed by atoms with Crippen LogP contribution in [-0.4, -0.2) is 4.98 Å². The molecule has 1 nitrogen and oxygen atoms in total. The minimum Gasteiger partial charge on any atom is -0.265 e. The third-order valence-electron chi connectivity index (χ3n) is 0.566. The molecule has 0 aliphatic heterocycles. The molecule has 0 unspecified atom stereocenters. The van der Waals surface area contributed by atoms with Crippen LogP contribution in [0.3, 0.4) is 0 Å². The van der Waals surface area contributed by atoms with Crippen molar-refractivity contribution in [3.05, 3.63) is 30.6 Å². The molecular formula is C5H5MoNS. The summed E-state index contributed by atoms with van der Waals surface area (Å²) in [6, 6.07) is 5.72. The zero-order valence-electron chi connectivity index (χ0n) is 4.15. The van der Waals surface area contributed by atoms with Crippen molar-refractivity contribution >= 4 is 9.82 Å². The third kappa shape index (κ3) is 4.22. The van der Waals surface area contributed by atoms with E-state index in [2.05, 4.69) is 14.8 Å². The van der Waals surface area contributed by atoms with Crippen LogP contribution in [0.15, 0.2) is 30.6 Å². The van der Waals surface area contributed by atoms with Gasteiger partial charge in [0.15, 0.2) is 0 Å². The number of nitrogens with zero attached hydrogens (tertiary/aromatic N) is 1. The van der Waals surface area contributed by atoms with Crippen LogP contribution in [0.2, 0.25) is 0 Å². The summed E-state index contributed by atoms with van der Waals surface area (Å²) >= 11 is 1.53. The molecule has 0 spiro atoms. The Labute approximate surface area is 63.5 Å². The van der Waals surface area contributed by atoms with Crippen LogP contribution in [0.1, 0.15) is 0 Å². The monoisotopic (exact) mass is 209 g/mol. The van der Waals surface area contributed by atoms with E-state index in [-0.39, 0.29) is 0 Å². The van der Waals surface area contributed by atoms with E-state index in [1.165, 1.54) is 18.0 Å². The summed E-state index contributed by atoms with van der Waals surface area (Å²) in [4.78, 5) is 3.78. The standard InChI is InChI=1S/C5H5N.Mo.S/c1-2-4-6-5-3-1;;/h1-5H;;. The Kier molecular flexibility index (Phi) is 7.11. The van der Waals surface area contributed by atoms with Gasteiger partial charge in [-0.1, -0.05) is 6.07 Å². The number of aromatic nitrogens is 1. The van der Waals surface area contributed by atoms with Gasteiger partial charge >= 0.3 is 27.8 Å². The topological polar surface area (TPSA) is 12.9 Å². The Morgan fingerprint density at radius 3 is 1.62 bits per heavy atom. The zero-order chi connectivity index (χ0) is 6.24. The first-order valence-electron chi connectivity index (χ1n) is 2.02. The van der Waals surface area contributed by atoms with Crippen LogP contribution >= 0.6 is 9.82 Å². The van der Waals surface area contributed by atoms with E-state index in [1.54, 1.807) is 12.4 Å². The van der Waals surface area contributed by atoms with Gasteiger partial charge in [0.25, 0.3) is 0 Å². The SMILES string of the molecule is [S]=[Mo].c1ccncc1. The van der Waals surface area contributed by atoms with Crippen LogP contribution in [0, 0.1) is 0 Å². The first-order valence-corrected chi connectivity index (χ1v) is 4.81. The Morgan fingerprint density at radius 2 is 1.50 bits per heavy atom. The predicted octanol–water partition coefficient (Wildman–Crippen LogP) is 1.73. The molecule has 0 aromatic carbocycles. The van der Waals surface area contributed by atoms with Gasteiger partial charge in [-0.15, -0.1) is 0 Å². The van der Waals surface area contributed by atoms with Crippen molar-refractivity contribution in [3.63, 3.8) is 0 Å². The fraction of sp³-hybridized carbons (Fsp3) is 0. The van der Waals surface area contributed by atoms with E-state index in [4.69, 9.17) is 0 Å². The Morgan fingerprint density at radius 1 is 1.00 bits per heavy atom. The smallest absolute Gasteiger partial charge is 0.0267 e. The molecule has 0 saturated heterocycles. The molecule has 42 valence electrons. The van der Waals surface area contributed by atoms with Crippen LogP contribution < -0.4 is 0 Å². The van der Waals surface area contributed by atoms with Gasteiger partial charge < -0.3 is 0 Å². The molecule has 0 fully saturated rings. The predicted molar refractivity (Wildman–Crippen MR) is 31.8 cm³/mol. The van der Waals surface area contributed by atoms with E-state index >= 15 is 0 Å². The van der Waals surface area contributed by atoms with Gasteiger partial charge in [-0.2, -0.15) is 0 Å². The van der Waals surface area contributed by atoms with Gasteiger partial charge in [0.2, 0.25) is 0 Å². The van der Waals surface area contributed by atoms with E-state index in [0.717, 1.165) is 0 Å². The van der Waals surface area contributed by atoms with Crippen molar-refractivity contribution < 1.29 is 18.0 Å². The fourth-order valence-electron chi connectivity index (χ4n) is 0.313. The first kappa shape index (κ1) is 8.06. The maximum absolute atomic E-state index is 4.09. The summed E-state index contributed by atoms with van der Waals surface area (Å²) in [7, 11) is 4.09.